The highest BCUT2D eigenvalue weighted by Gasteiger charge is 2.24. The van der Waals surface area contributed by atoms with E-state index in [-0.39, 0.29) is 0 Å². The first-order chi connectivity index (χ1) is 56.5. The normalized spacial score (nSPS) is 11.9. The summed E-state index contributed by atoms with van der Waals surface area (Å²) in [5.74, 6) is 0. The first-order valence-corrected chi connectivity index (χ1v) is 40.6. The molecule has 24 rings (SSSR count). The van der Waals surface area contributed by atoms with Gasteiger partial charge in [0.05, 0.1) is 48.8 Å². The predicted molar refractivity (Wildman–Crippen MR) is 489 cm³/mol. The van der Waals surface area contributed by atoms with Crippen LogP contribution in [0.25, 0.3) is 217 Å². The minimum absolute atomic E-state index is 1.16. The monoisotopic (exact) mass is 1480 g/mol. The topological polar surface area (TPSA) is 19.7 Å². The fraction of sp³-hybridized carbons (Fsp3) is 0. The van der Waals surface area contributed by atoms with Crippen molar-refractivity contribution in [3.05, 3.63) is 413 Å². The van der Waals surface area contributed by atoms with E-state index in [1.807, 2.05) is 22.7 Å². The maximum absolute atomic E-state index is 2.49. The zero-order chi connectivity index (χ0) is 74.9. The SMILES string of the molecule is c1ccc(-c2ccc(-n3c4ccccc4c4cc(-c5ccc6c(c5)c5c7sc8ccccc8c7ccc5n6-c5ccc(-c6ccccc6)cc5)ccc43)cc2)cc1.c1ccc(-c2ccc(-n3c4ccccc4c4cc(-c5ccc6c(c5)c5ccc7c8ccccc8sc7c5n6-c5ccc(-c6ccccc6)cc5)ccc43)cc2)cc1. The Labute approximate surface area is 665 Å². The molecule has 0 saturated carbocycles. The van der Waals surface area contributed by atoms with E-state index < -0.39 is 0 Å². The first kappa shape index (κ1) is 65.5. The summed E-state index contributed by atoms with van der Waals surface area (Å²) >= 11 is 3.80. The lowest BCUT2D eigenvalue weighted by Crippen LogP contribution is -1.94. The fourth-order valence-corrected chi connectivity index (χ4v) is 20.6. The Morgan fingerprint density at radius 1 is 0.149 bits per heavy atom. The van der Waals surface area contributed by atoms with Gasteiger partial charge in [-0.25, -0.2) is 0 Å². The van der Waals surface area contributed by atoms with E-state index in [2.05, 4.69) is 431 Å². The van der Waals surface area contributed by atoms with Gasteiger partial charge in [-0.2, -0.15) is 0 Å². The van der Waals surface area contributed by atoms with Crippen molar-refractivity contribution >= 4 is 150 Å². The maximum Gasteiger partial charge on any atom is 0.0719 e. The fourth-order valence-electron chi connectivity index (χ4n) is 18.1. The van der Waals surface area contributed by atoms with Crippen LogP contribution in [0, 0.1) is 0 Å². The third kappa shape index (κ3) is 10.7. The quantitative estimate of drug-likeness (QED) is 0.130. The van der Waals surface area contributed by atoms with Crippen LogP contribution in [-0.2, 0) is 0 Å². The number of rotatable bonds is 10. The molecular formula is C108H68N4S2. The minimum atomic E-state index is 1.16. The lowest BCUT2D eigenvalue weighted by molar-refractivity contribution is 1.18. The van der Waals surface area contributed by atoms with Gasteiger partial charge < -0.3 is 18.3 Å². The van der Waals surface area contributed by atoms with E-state index in [0.717, 1.165) is 17.1 Å². The molecule has 0 N–H and O–H groups in total. The summed E-state index contributed by atoms with van der Waals surface area (Å²) in [7, 11) is 0. The highest BCUT2D eigenvalue weighted by atomic mass is 32.1. The number of fused-ring (bicyclic) bond motifs is 20. The number of benzene rings is 18. The molecule has 0 unspecified atom stereocenters. The molecule has 6 heterocycles. The Morgan fingerprint density at radius 2 is 0.412 bits per heavy atom. The van der Waals surface area contributed by atoms with Gasteiger partial charge in [-0.15, -0.1) is 22.7 Å². The number of aromatic nitrogens is 4. The molecule has 24 aromatic rings. The van der Waals surface area contributed by atoms with Crippen LogP contribution in [0.3, 0.4) is 0 Å². The van der Waals surface area contributed by atoms with Crippen LogP contribution < -0.4 is 0 Å². The predicted octanol–water partition coefficient (Wildman–Crippen LogP) is 30.5. The molecule has 0 spiro atoms. The molecule has 0 atom stereocenters. The molecule has 4 nitrogen and oxygen atoms in total. The molecule has 0 fully saturated rings. The Morgan fingerprint density at radius 3 is 0.833 bits per heavy atom. The van der Waals surface area contributed by atoms with Crippen LogP contribution in [0.1, 0.15) is 0 Å². The van der Waals surface area contributed by atoms with E-state index in [0.29, 0.717) is 0 Å². The Bertz CT molecular complexity index is 7890. The second-order valence-corrected chi connectivity index (χ2v) is 31.9. The summed E-state index contributed by atoms with van der Waals surface area (Å²) in [4.78, 5) is 0. The van der Waals surface area contributed by atoms with Crippen molar-refractivity contribution in [2.45, 2.75) is 0 Å². The molecule has 0 bridgehead atoms. The van der Waals surface area contributed by atoms with Gasteiger partial charge in [0, 0.05) is 101 Å². The molecule has 114 heavy (non-hydrogen) atoms. The molecular weight excluding hydrogens is 1420 g/mol. The van der Waals surface area contributed by atoms with Gasteiger partial charge >= 0.3 is 0 Å². The average Bonchev–Trinajstić information content (AvgIpc) is 1.56. The Balaban J connectivity index is 0.000000135. The van der Waals surface area contributed by atoms with Crippen LogP contribution in [0.15, 0.2) is 413 Å². The largest absolute Gasteiger partial charge is 0.309 e. The zero-order valence-electron chi connectivity index (χ0n) is 61.9. The summed E-state index contributed by atoms with van der Waals surface area (Å²) < 4.78 is 15.0. The van der Waals surface area contributed by atoms with Crippen molar-refractivity contribution in [2.24, 2.45) is 0 Å². The molecule has 0 radical (unpaired) electrons. The van der Waals surface area contributed by atoms with Gasteiger partial charge in [0.25, 0.3) is 0 Å². The van der Waals surface area contributed by atoms with Crippen molar-refractivity contribution in [3.8, 4) is 89.5 Å². The number of hydrogen-bond acceptors (Lipinski definition) is 2. The smallest absolute Gasteiger partial charge is 0.0719 e. The summed E-state index contributed by atoms with van der Waals surface area (Å²) in [6.07, 6.45) is 0. The van der Waals surface area contributed by atoms with Crippen LogP contribution >= 0.6 is 22.7 Å². The molecule has 0 aliphatic carbocycles. The summed E-state index contributed by atoms with van der Waals surface area (Å²) in [5, 5.41) is 15.4. The second kappa shape index (κ2) is 26.7. The molecule has 0 aliphatic rings. The zero-order valence-corrected chi connectivity index (χ0v) is 63.5. The third-order valence-corrected chi connectivity index (χ3v) is 25.9. The third-order valence-electron chi connectivity index (χ3n) is 23.5. The van der Waals surface area contributed by atoms with Crippen LogP contribution in [0.4, 0.5) is 0 Å². The molecule has 532 valence electrons. The Kier molecular flexibility index (Phi) is 15.3. The molecule has 18 aromatic carbocycles. The Hall–Kier alpha value is -14.4. The van der Waals surface area contributed by atoms with Gasteiger partial charge in [0.2, 0.25) is 0 Å². The van der Waals surface area contributed by atoms with Crippen LogP contribution in [0.5, 0.6) is 0 Å². The van der Waals surface area contributed by atoms with E-state index >= 15 is 0 Å². The summed E-state index contributed by atoms with van der Waals surface area (Å²) in [6, 6.07) is 151. The van der Waals surface area contributed by atoms with Crippen molar-refractivity contribution < 1.29 is 0 Å². The number of hydrogen-bond donors (Lipinski definition) is 0. The average molecular weight is 1490 g/mol. The van der Waals surface area contributed by atoms with Gasteiger partial charge in [-0.05, 0) is 194 Å². The highest BCUT2D eigenvalue weighted by Crippen LogP contribution is 2.48. The van der Waals surface area contributed by atoms with Gasteiger partial charge in [-0.3, -0.25) is 0 Å². The standard InChI is InChI=1S/2C54H34N2S/c1-3-11-35(12-4-1)37-19-25-41(26-20-37)55-49-17-9-7-15-43(49)47-33-39(23-31-50(47)55)40-24-32-51-48(34-40)45-29-30-46-44-16-8-10-18-52(44)57-54(46)53(45)56(51)42-27-21-38(22-28-42)36-13-5-2-6-14-36;1-3-11-35(12-4-1)37-19-25-41(26-20-37)55-48-17-9-7-15-43(48)46-33-39(23-30-49(46)55)40-24-31-50-47(34-40)53-51(32-29-45-44-16-8-10-18-52(44)57-54(45)53)56(50)42-27-21-38(22-28-42)36-13-5-2-6-14-36/h2*1-34H. The first-order valence-electron chi connectivity index (χ1n) is 39.0. The van der Waals surface area contributed by atoms with Crippen molar-refractivity contribution in [2.75, 3.05) is 0 Å². The molecule has 0 saturated heterocycles. The van der Waals surface area contributed by atoms with E-state index in [4.69, 9.17) is 0 Å². The molecule has 0 amide bonds. The molecule has 6 aromatic heterocycles. The number of nitrogens with zero attached hydrogens (tertiary/aromatic N) is 4. The maximum atomic E-state index is 2.49. The lowest BCUT2D eigenvalue weighted by Gasteiger charge is -2.11. The summed E-state index contributed by atoms with van der Waals surface area (Å²) in [5.41, 5.74) is 29.0. The van der Waals surface area contributed by atoms with Crippen molar-refractivity contribution in [1.29, 1.82) is 0 Å². The van der Waals surface area contributed by atoms with Crippen LogP contribution in [-0.4, -0.2) is 18.3 Å². The lowest BCUT2D eigenvalue weighted by atomic mass is 10.00. The van der Waals surface area contributed by atoms with Crippen LogP contribution in [0.2, 0.25) is 0 Å². The van der Waals surface area contributed by atoms with E-state index in [9.17, 15) is 0 Å². The highest BCUT2D eigenvalue weighted by molar-refractivity contribution is 7.27. The minimum Gasteiger partial charge on any atom is -0.309 e. The molecule has 0 aliphatic heterocycles. The van der Waals surface area contributed by atoms with Gasteiger partial charge in [0.15, 0.2) is 0 Å². The number of thiophene rings is 2. The second-order valence-electron chi connectivity index (χ2n) is 29.8. The van der Waals surface area contributed by atoms with Crippen molar-refractivity contribution in [1.82, 2.24) is 18.3 Å². The van der Waals surface area contributed by atoms with E-state index in [1.54, 1.807) is 0 Å². The molecule has 6 heteroatoms. The van der Waals surface area contributed by atoms with E-state index in [1.165, 1.54) is 200 Å². The summed E-state index contributed by atoms with van der Waals surface area (Å²) in [6.45, 7) is 0. The van der Waals surface area contributed by atoms with Crippen molar-refractivity contribution in [3.63, 3.8) is 0 Å². The van der Waals surface area contributed by atoms with Gasteiger partial charge in [0.1, 0.15) is 0 Å². The van der Waals surface area contributed by atoms with Gasteiger partial charge in [-0.1, -0.05) is 285 Å². The number of para-hydroxylation sites is 2.